The van der Waals surface area contributed by atoms with Crippen molar-refractivity contribution in [2.24, 2.45) is 0 Å². The van der Waals surface area contributed by atoms with Gasteiger partial charge in [0.2, 0.25) is 11.9 Å². The standard InChI is InChI=1S/C25H18Cl2F2N4O3/c1-4-20(34)31-17-9-14(28)8-15(29)24(17)33-25-30-11-13-7-12(5-6-16(13)32-25)21-22(26)18(35-2)10-19(36-3)23(21)27/h4-11H,1H2,2-3H3,(H,31,34)(H,30,32,33). The molecule has 1 aromatic heterocycles. The van der Waals surface area contributed by atoms with Crippen LogP contribution in [-0.4, -0.2) is 30.1 Å². The topological polar surface area (TPSA) is 85.4 Å². The number of carbonyl (C=O) groups is 1. The van der Waals surface area contributed by atoms with E-state index in [0.717, 1.165) is 12.1 Å². The van der Waals surface area contributed by atoms with Gasteiger partial charge in [0.15, 0.2) is 5.82 Å². The number of hydrogen-bond acceptors (Lipinski definition) is 6. The van der Waals surface area contributed by atoms with Gasteiger partial charge in [-0.05, 0) is 29.8 Å². The van der Waals surface area contributed by atoms with Crippen LogP contribution in [0.5, 0.6) is 11.5 Å². The number of ether oxygens (including phenoxy) is 2. The van der Waals surface area contributed by atoms with Crippen LogP contribution in [0.3, 0.4) is 0 Å². The third-order valence-corrected chi connectivity index (χ3v) is 5.93. The average molecular weight is 531 g/mol. The maximum absolute atomic E-state index is 14.5. The predicted octanol–water partition coefficient (Wildman–Crippen LogP) is 6.77. The van der Waals surface area contributed by atoms with E-state index in [1.807, 2.05) is 0 Å². The second-order valence-corrected chi connectivity index (χ2v) is 8.14. The molecule has 0 aliphatic carbocycles. The molecular weight excluding hydrogens is 513 g/mol. The van der Waals surface area contributed by atoms with E-state index in [0.29, 0.717) is 49.6 Å². The number of anilines is 3. The summed E-state index contributed by atoms with van der Waals surface area (Å²) in [5.41, 5.74) is 1.35. The van der Waals surface area contributed by atoms with Gasteiger partial charge in [-0.3, -0.25) is 4.79 Å². The smallest absolute Gasteiger partial charge is 0.247 e. The maximum atomic E-state index is 14.5. The highest BCUT2D eigenvalue weighted by Crippen LogP contribution is 2.46. The predicted molar refractivity (Wildman–Crippen MR) is 137 cm³/mol. The van der Waals surface area contributed by atoms with Gasteiger partial charge in [-0.15, -0.1) is 0 Å². The summed E-state index contributed by atoms with van der Waals surface area (Å²) in [5, 5.41) is 6.30. The third kappa shape index (κ3) is 4.89. The van der Waals surface area contributed by atoms with Crippen LogP contribution in [0.15, 0.2) is 55.3 Å². The molecule has 0 bridgehead atoms. The summed E-state index contributed by atoms with van der Waals surface area (Å²) >= 11 is 13.1. The molecule has 1 amide bonds. The minimum Gasteiger partial charge on any atom is -0.495 e. The number of benzene rings is 3. The number of rotatable bonds is 7. The molecule has 184 valence electrons. The molecule has 0 unspecified atom stereocenters. The Morgan fingerprint density at radius 1 is 1.06 bits per heavy atom. The van der Waals surface area contributed by atoms with Gasteiger partial charge in [0.1, 0.15) is 23.0 Å². The largest absolute Gasteiger partial charge is 0.495 e. The van der Waals surface area contributed by atoms with E-state index in [1.54, 1.807) is 24.3 Å². The molecule has 3 aromatic carbocycles. The molecule has 4 aromatic rings. The van der Waals surface area contributed by atoms with Crippen molar-refractivity contribution in [1.82, 2.24) is 9.97 Å². The van der Waals surface area contributed by atoms with E-state index in [1.165, 1.54) is 20.4 Å². The summed E-state index contributed by atoms with van der Waals surface area (Å²) in [6, 6.07) is 8.47. The Morgan fingerprint density at radius 3 is 2.39 bits per heavy atom. The fourth-order valence-corrected chi connectivity index (χ4v) is 4.20. The molecule has 0 fully saturated rings. The Hall–Kier alpha value is -3.95. The maximum Gasteiger partial charge on any atom is 0.247 e. The highest BCUT2D eigenvalue weighted by atomic mass is 35.5. The van der Waals surface area contributed by atoms with Crippen LogP contribution < -0.4 is 20.1 Å². The first-order valence-electron chi connectivity index (χ1n) is 10.3. The van der Waals surface area contributed by atoms with Crippen molar-refractivity contribution in [3.05, 3.63) is 76.9 Å². The first kappa shape index (κ1) is 25.2. The van der Waals surface area contributed by atoms with Crippen molar-refractivity contribution in [2.45, 2.75) is 0 Å². The normalized spacial score (nSPS) is 10.7. The van der Waals surface area contributed by atoms with Gasteiger partial charge in [-0.2, -0.15) is 0 Å². The summed E-state index contributed by atoms with van der Waals surface area (Å²) < 4.78 is 38.9. The minimum absolute atomic E-state index is 0.0222. The van der Waals surface area contributed by atoms with Gasteiger partial charge in [-0.1, -0.05) is 35.8 Å². The number of carbonyl (C=O) groups excluding carboxylic acids is 1. The van der Waals surface area contributed by atoms with Crippen LogP contribution in [-0.2, 0) is 4.79 Å². The lowest BCUT2D eigenvalue weighted by Crippen LogP contribution is -2.11. The van der Waals surface area contributed by atoms with Gasteiger partial charge in [0.25, 0.3) is 0 Å². The van der Waals surface area contributed by atoms with E-state index >= 15 is 0 Å². The van der Waals surface area contributed by atoms with Crippen LogP contribution in [0.1, 0.15) is 0 Å². The number of nitrogens with zero attached hydrogens (tertiary/aromatic N) is 2. The Balaban J connectivity index is 1.73. The molecule has 0 aliphatic heterocycles. The molecule has 2 N–H and O–H groups in total. The summed E-state index contributed by atoms with van der Waals surface area (Å²) in [7, 11) is 2.97. The third-order valence-electron chi connectivity index (χ3n) is 5.18. The van der Waals surface area contributed by atoms with Crippen LogP contribution in [0.4, 0.5) is 26.1 Å². The minimum atomic E-state index is -0.940. The summed E-state index contributed by atoms with van der Waals surface area (Å²) in [6.07, 6.45) is 2.49. The van der Waals surface area contributed by atoms with E-state index in [4.69, 9.17) is 32.7 Å². The van der Waals surface area contributed by atoms with Crippen LogP contribution in [0.25, 0.3) is 22.0 Å². The lowest BCUT2D eigenvalue weighted by atomic mass is 10.0. The molecule has 36 heavy (non-hydrogen) atoms. The van der Waals surface area contributed by atoms with Crippen molar-refractivity contribution in [1.29, 1.82) is 0 Å². The fraction of sp³-hybridized carbons (Fsp3) is 0.0800. The molecule has 0 saturated heterocycles. The Morgan fingerprint density at radius 2 is 1.75 bits per heavy atom. The highest BCUT2D eigenvalue weighted by molar-refractivity contribution is 6.41. The Labute approximate surface area is 214 Å². The van der Waals surface area contributed by atoms with Crippen molar-refractivity contribution in [2.75, 3.05) is 24.9 Å². The second-order valence-electron chi connectivity index (χ2n) is 7.38. The zero-order valence-electron chi connectivity index (χ0n) is 19.0. The second kappa shape index (κ2) is 10.3. The van der Waals surface area contributed by atoms with Crippen LogP contribution >= 0.6 is 23.2 Å². The zero-order valence-corrected chi connectivity index (χ0v) is 20.5. The molecule has 7 nitrogen and oxygen atoms in total. The Bertz CT molecular complexity index is 1490. The number of nitrogens with one attached hydrogen (secondary N) is 2. The summed E-state index contributed by atoms with van der Waals surface area (Å²) in [4.78, 5) is 20.3. The van der Waals surface area contributed by atoms with E-state index in [2.05, 4.69) is 27.2 Å². The average Bonchev–Trinajstić information content (AvgIpc) is 2.86. The van der Waals surface area contributed by atoms with Gasteiger partial charge >= 0.3 is 0 Å². The van der Waals surface area contributed by atoms with Crippen molar-refractivity contribution in [3.8, 4) is 22.6 Å². The monoisotopic (exact) mass is 530 g/mol. The molecule has 0 spiro atoms. The zero-order chi connectivity index (χ0) is 26.0. The van der Waals surface area contributed by atoms with Gasteiger partial charge < -0.3 is 20.1 Å². The first-order valence-corrected chi connectivity index (χ1v) is 11.1. The van der Waals surface area contributed by atoms with Crippen LogP contribution in [0, 0.1) is 11.6 Å². The molecule has 0 saturated carbocycles. The van der Waals surface area contributed by atoms with Gasteiger partial charge in [0.05, 0.1) is 35.5 Å². The fourth-order valence-electron chi connectivity index (χ4n) is 3.48. The molecule has 1 heterocycles. The summed E-state index contributed by atoms with van der Waals surface area (Å²) in [6.45, 7) is 3.33. The lowest BCUT2D eigenvalue weighted by Gasteiger charge is -2.15. The SMILES string of the molecule is C=CC(=O)Nc1cc(F)cc(F)c1Nc1ncc2cc(-c3c(Cl)c(OC)cc(OC)c3Cl)ccc2n1. The van der Waals surface area contributed by atoms with E-state index in [9.17, 15) is 13.6 Å². The number of fused-ring (bicyclic) bond motifs is 1. The Kier molecular flexibility index (Phi) is 7.23. The van der Waals surface area contributed by atoms with Crippen molar-refractivity contribution < 1.29 is 23.0 Å². The van der Waals surface area contributed by atoms with E-state index in [-0.39, 0.29) is 17.3 Å². The van der Waals surface area contributed by atoms with Gasteiger partial charge in [0, 0.05) is 29.3 Å². The number of amides is 1. The van der Waals surface area contributed by atoms with E-state index < -0.39 is 17.5 Å². The molecular formula is C25H18Cl2F2N4O3. The van der Waals surface area contributed by atoms with Crippen molar-refractivity contribution >= 4 is 57.3 Å². The number of methoxy groups -OCH3 is 2. The molecule has 11 heteroatoms. The van der Waals surface area contributed by atoms with Crippen molar-refractivity contribution in [3.63, 3.8) is 0 Å². The number of aromatic nitrogens is 2. The van der Waals surface area contributed by atoms with Crippen LogP contribution in [0.2, 0.25) is 10.0 Å². The summed E-state index contributed by atoms with van der Waals surface area (Å²) in [5.74, 6) is -1.63. The lowest BCUT2D eigenvalue weighted by molar-refractivity contribution is -0.111. The molecule has 0 atom stereocenters. The first-order chi connectivity index (χ1) is 17.2. The number of halogens is 4. The number of hydrogen-bond donors (Lipinski definition) is 2. The van der Waals surface area contributed by atoms with Gasteiger partial charge in [-0.25, -0.2) is 18.7 Å². The molecule has 4 rings (SSSR count). The highest BCUT2D eigenvalue weighted by Gasteiger charge is 2.19. The quantitative estimate of drug-likeness (QED) is 0.256. The molecule has 0 radical (unpaired) electrons. The molecule has 0 aliphatic rings.